The highest BCUT2D eigenvalue weighted by Crippen LogP contribution is 2.27. The second-order valence-corrected chi connectivity index (χ2v) is 7.58. The first-order valence-corrected chi connectivity index (χ1v) is 9.25. The average molecular weight is 403 g/mol. The summed E-state index contributed by atoms with van der Waals surface area (Å²) in [5.74, 6) is -0.445. The number of hydrogen-bond donors (Lipinski definition) is 1. The van der Waals surface area contributed by atoms with E-state index < -0.39 is 17.2 Å². The number of nitrogens with zero attached hydrogens (tertiary/aromatic N) is 2. The number of Topliss-reactive ketones (excluding diaryl/α,β-unsaturated/α-hetero) is 1. The van der Waals surface area contributed by atoms with Crippen LogP contribution in [0.1, 0.15) is 46.5 Å². The fourth-order valence-corrected chi connectivity index (χ4v) is 3.14. The first kappa shape index (κ1) is 21.5. The number of ketones is 1. The van der Waals surface area contributed by atoms with Crippen LogP contribution in [0.4, 0.5) is 0 Å². The van der Waals surface area contributed by atoms with Crippen molar-refractivity contribution in [1.82, 2.24) is 4.57 Å². The summed E-state index contributed by atoms with van der Waals surface area (Å²) in [6.45, 7) is 8.72. The minimum absolute atomic E-state index is 0.0390. The minimum atomic E-state index is -0.604. The lowest BCUT2D eigenvalue weighted by atomic mass is 10.0. The van der Waals surface area contributed by atoms with Crippen molar-refractivity contribution in [3.05, 3.63) is 55.3 Å². The number of rotatable bonds is 6. The molecule has 0 aliphatic heterocycles. The van der Waals surface area contributed by atoms with Crippen molar-refractivity contribution >= 4 is 17.4 Å². The van der Waals surface area contributed by atoms with Crippen molar-refractivity contribution < 1.29 is 14.6 Å². The smallest absolute Gasteiger partial charge is 0.271 e. The van der Waals surface area contributed by atoms with Crippen molar-refractivity contribution in [3.63, 3.8) is 0 Å². The Morgan fingerprint density at radius 2 is 1.86 bits per heavy atom. The number of aryl methyl sites for hydroxylation is 2. The summed E-state index contributed by atoms with van der Waals surface area (Å²) in [6.07, 6.45) is 0. The van der Waals surface area contributed by atoms with Gasteiger partial charge in [-0.15, -0.1) is 0 Å². The van der Waals surface area contributed by atoms with Gasteiger partial charge in [-0.2, -0.15) is 5.26 Å². The molecule has 1 heterocycles. The number of aromatic nitrogens is 1. The van der Waals surface area contributed by atoms with Gasteiger partial charge >= 0.3 is 0 Å². The second-order valence-electron chi connectivity index (χ2n) is 7.20. The van der Waals surface area contributed by atoms with Gasteiger partial charge in [-0.3, -0.25) is 14.2 Å². The normalized spacial score (nSPS) is 10.8. The third kappa shape index (κ3) is 4.20. The zero-order valence-electron chi connectivity index (χ0n) is 16.6. The summed E-state index contributed by atoms with van der Waals surface area (Å²) >= 11 is 6.14. The molecule has 2 aromatic rings. The molecule has 1 N–H and O–H groups in total. The zero-order valence-corrected chi connectivity index (χ0v) is 17.3. The van der Waals surface area contributed by atoms with Crippen LogP contribution < -0.4 is 10.3 Å². The number of aromatic hydroxyl groups is 1. The van der Waals surface area contributed by atoms with Crippen molar-refractivity contribution in [3.8, 4) is 17.7 Å². The molecule has 0 radical (unpaired) electrons. The van der Waals surface area contributed by atoms with E-state index in [1.54, 1.807) is 12.1 Å². The maximum Gasteiger partial charge on any atom is 0.271 e. The lowest BCUT2D eigenvalue weighted by Crippen LogP contribution is -2.29. The Labute approximate surface area is 168 Å². The number of carbonyl (C=O) groups is 1. The highest BCUT2D eigenvalue weighted by Gasteiger charge is 2.24. The average Bonchev–Trinajstić information content (AvgIpc) is 2.61. The molecule has 0 aliphatic carbocycles. The van der Waals surface area contributed by atoms with E-state index in [2.05, 4.69) is 0 Å². The Hall–Kier alpha value is -2.78. The Morgan fingerprint density at radius 3 is 2.36 bits per heavy atom. The van der Waals surface area contributed by atoms with E-state index in [0.717, 1.165) is 15.7 Å². The van der Waals surface area contributed by atoms with Gasteiger partial charge < -0.3 is 9.84 Å². The van der Waals surface area contributed by atoms with Crippen LogP contribution in [0.5, 0.6) is 11.6 Å². The summed E-state index contributed by atoms with van der Waals surface area (Å²) in [5, 5.41) is 20.6. The van der Waals surface area contributed by atoms with E-state index in [9.17, 15) is 20.0 Å². The quantitative estimate of drug-likeness (QED) is 0.739. The van der Waals surface area contributed by atoms with E-state index >= 15 is 0 Å². The molecule has 2 rings (SSSR count). The van der Waals surface area contributed by atoms with Crippen LogP contribution in [0.3, 0.4) is 0 Å². The van der Waals surface area contributed by atoms with Crippen molar-refractivity contribution in [2.24, 2.45) is 5.92 Å². The molecule has 7 heteroatoms. The maximum absolute atomic E-state index is 12.8. The highest BCUT2D eigenvalue weighted by molar-refractivity contribution is 6.32. The molecule has 28 heavy (non-hydrogen) atoms. The fourth-order valence-electron chi connectivity index (χ4n) is 3.03. The molecule has 0 spiro atoms. The molecule has 0 amide bonds. The predicted molar refractivity (Wildman–Crippen MR) is 107 cm³/mol. The van der Waals surface area contributed by atoms with Gasteiger partial charge in [0.15, 0.2) is 6.61 Å². The van der Waals surface area contributed by atoms with Gasteiger partial charge in [0.2, 0.25) is 11.7 Å². The summed E-state index contributed by atoms with van der Waals surface area (Å²) < 4.78 is 6.65. The monoisotopic (exact) mass is 402 g/mol. The molecule has 0 atom stereocenters. The molecule has 148 valence electrons. The van der Waals surface area contributed by atoms with Crippen LogP contribution >= 0.6 is 11.6 Å². The molecular weight excluding hydrogens is 380 g/mol. The number of halogens is 1. The molecule has 0 fully saturated rings. The van der Waals surface area contributed by atoms with Gasteiger partial charge in [-0.1, -0.05) is 25.4 Å². The molecule has 0 saturated heterocycles. The van der Waals surface area contributed by atoms with E-state index in [-0.39, 0.29) is 35.8 Å². The maximum atomic E-state index is 12.8. The van der Waals surface area contributed by atoms with Gasteiger partial charge in [0.25, 0.3) is 5.56 Å². The SMILES string of the molecule is Cc1cc(OCC(=O)c2c(C)c(C#N)c(=O)n(CC(C)C)c2O)cc(C)c1Cl. The Kier molecular flexibility index (Phi) is 6.52. The number of nitriles is 1. The first-order chi connectivity index (χ1) is 13.1. The molecule has 6 nitrogen and oxygen atoms in total. The number of pyridine rings is 1. The van der Waals surface area contributed by atoms with E-state index in [1.807, 2.05) is 33.8 Å². The van der Waals surface area contributed by atoms with Crippen molar-refractivity contribution in [2.75, 3.05) is 6.61 Å². The minimum Gasteiger partial charge on any atom is -0.494 e. The Balaban J connectivity index is 2.42. The van der Waals surface area contributed by atoms with Gasteiger partial charge in [-0.05, 0) is 55.5 Å². The third-order valence-corrected chi connectivity index (χ3v) is 5.00. The fraction of sp³-hybridized carbons (Fsp3) is 0.381. The molecule has 0 saturated carbocycles. The van der Waals surface area contributed by atoms with E-state index in [0.29, 0.717) is 10.8 Å². The number of ether oxygens (including phenoxy) is 1. The molecule has 0 aliphatic rings. The van der Waals surface area contributed by atoms with Crippen LogP contribution in [0.2, 0.25) is 5.02 Å². The molecular formula is C21H23ClN2O4. The number of hydrogen-bond acceptors (Lipinski definition) is 5. The van der Waals surface area contributed by atoms with Gasteiger partial charge in [0, 0.05) is 11.6 Å². The van der Waals surface area contributed by atoms with Crippen molar-refractivity contribution in [1.29, 1.82) is 5.26 Å². The first-order valence-electron chi connectivity index (χ1n) is 8.87. The number of carbonyl (C=O) groups excluding carboxylic acids is 1. The van der Waals surface area contributed by atoms with Gasteiger partial charge in [0.05, 0.1) is 5.56 Å². The summed E-state index contributed by atoms with van der Waals surface area (Å²) in [4.78, 5) is 25.2. The van der Waals surface area contributed by atoms with Crippen LogP contribution in [-0.2, 0) is 6.54 Å². The molecule has 1 aromatic heterocycles. The van der Waals surface area contributed by atoms with Crippen LogP contribution in [0, 0.1) is 38.0 Å². The standard InChI is InChI=1S/C21H23ClN2O4/c1-11(2)9-24-20(26)16(8-23)14(5)18(21(24)27)17(25)10-28-15-6-12(3)19(22)13(4)7-15/h6-7,11,27H,9-10H2,1-5H3. The van der Waals surface area contributed by atoms with E-state index in [4.69, 9.17) is 16.3 Å². The predicted octanol–water partition coefficient (Wildman–Crippen LogP) is 3.92. The van der Waals surface area contributed by atoms with Gasteiger partial charge in [0.1, 0.15) is 17.4 Å². The lowest BCUT2D eigenvalue weighted by molar-refractivity contribution is 0.0916. The Morgan fingerprint density at radius 1 is 1.29 bits per heavy atom. The number of benzene rings is 1. The summed E-state index contributed by atoms with van der Waals surface area (Å²) in [7, 11) is 0. The summed E-state index contributed by atoms with van der Waals surface area (Å²) in [5.41, 5.74) is 0.967. The van der Waals surface area contributed by atoms with E-state index in [1.165, 1.54) is 6.92 Å². The third-order valence-electron chi connectivity index (χ3n) is 4.41. The zero-order chi connectivity index (χ0) is 21.2. The Bertz CT molecular complexity index is 1010. The van der Waals surface area contributed by atoms with Gasteiger partial charge in [-0.25, -0.2) is 0 Å². The largest absolute Gasteiger partial charge is 0.494 e. The topological polar surface area (TPSA) is 92.3 Å². The van der Waals surface area contributed by atoms with Crippen LogP contribution in [0.25, 0.3) is 0 Å². The molecule has 1 aromatic carbocycles. The van der Waals surface area contributed by atoms with Crippen molar-refractivity contribution in [2.45, 2.75) is 41.2 Å². The highest BCUT2D eigenvalue weighted by atomic mass is 35.5. The molecule has 0 bridgehead atoms. The second kappa shape index (κ2) is 8.49. The van der Waals surface area contributed by atoms with Crippen LogP contribution in [0.15, 0.2) is 16.9 Å². The lowest BCUT2D eigenvalue weighted by Gasteiger charge is -2.17. The van der Waals surface area contributed by atoms with Crippen LogP contribution in [-0.4, -0.2) is 22.1 Å². The molecule has 0 unspecified atom stereocenters. The summed E-state index contributed by atoms with van der Waals surface area (Å²) in [6, 6.07) is 5.28.